The van der Waals surface area contributed by atoms with Gasteiger partial charge in [0.1, 0.15) is 23.3 Å². The molecule has 0 aliphatic rings. The molecule has 10 nitrogen and oxygen atoms in total. The van der Waals surface area contributed by atoms with E-state index in [1.165, 1.54) is 12.4 Å². The number of amides is 2. The van der Waals surface area contributed by atoms with E-state index in [0.29, 0.717) is 28.2 Å². The van der Waals surface area contributed by atoms with Gasteiger partial charge in [-0.15, -0.1) is 0 Å². The number of furan rings is 1. The third-order valence-electron chi connectivity index (χ3n) is 4.39. The van der Waals surface area contributed by atoms with Gasteiger partial charge in [-0.25, -0.2) is 9.97 Å². The Kier molecular flexibility index (Phi) is 6.56. The van der Waals surface area contributed by atoms with E-state index < -0.39 is 17.9 Å². The molecule has 4 rings (SSSR count). The van der Waals surface area contributed by atoms with Gasteiger partial charge < -0.3 is 20.4 Å². The Labute approximate surface area is 191 Å². The average Bonchev–Trinajstić information content (AvgIpc) is 3.51. The number of aromatic nitrogens is 4. The second-order valence-electron chi connectivity index (χ2n) is 6.60. The summed E-state index contributed by atoms with van der Waals surface area (Å²) in [5.74, 6) is 0.372. The molecule has 162 valence electrons. The highest BCUT2D eigenvalue weighted by atomic mass is 79.9. The van der Waals surface area contributed by atoms with Crippen LogP contribution in [0.1, 0.15) is 27.9 Å². The van der Waals surface area contributed by atoms with Gasteiger partial charge in [0.2, 0.25) is 5.95 Å². The molecule has 0 aliphatic heterocycles. The molecule has 0 bridgehead atoms. The van der Waals surface area contributed by atoms with Crippen molar-refractivity contribution in [2.45, 2.75) is 12.6 Å². The van der Waals surface area contributed by atoms with Crippen LogP contribution in [0.3, 0.4) is 0 Å². The van der Waals surface area contributed by atoms with Crippen LogP contribution in [-0.4, -0.2) is 32.0 Å². The average molecular weight is 496 g/mol. The number of rotatable bonds is 8. The summed E-state index contributed by atoms with van der Waals surface area (Å²) < 4.78 is 5.66. The maximum Gasteiger partial charge on any atom is 0.272 e. The maximum atomic E-state index is 13.1. The van der Waals surface area contributed by atoms with Crippen LogP contribution < -0.4 is 16.0 Å². The third-order valence-corrected chi connectivity index (χ3v) is 4.97. The van der Waals surface area contributed by atoms with Gasteiger partial charge in [-0.05, 0) is 33.6 Å². The van der Waals surface area contributed by atoms with Crippen molar-refractivity contribution in [3.63, 3.8) is 0 Å². The Balaban J connectivity index is 1.53. The number of benzene rings is 1. The van der Waals surface area contributed by atoms with E-state index in [0.717, 1.165) is 0 Å². The fourth-order valence-electron chi connectivity index (χ4n) is 2.87. The van der Waals surface area contributed by atoms with Crippen molar-refractivity contribution in [3.05, 3.63) is 88.7 Å². The smallest absolute Gasteiger partial charge is 0.272 e. The summed E-state index contributed by atoms with van der Waals surface area (Å²) in [5, 5.41) is 14.9. The van der Waals surface area contributed by atoms with Crippen molar-refractivity contribution in [2.24, 2.45) is 0 Å². The van der Waals surface area contributed by atoms with Crippen molar-refractivity contribution in [2.75, 3.05) is 10.6 Å². The SMILES string of the molecule is O=C(NC(C(=O)Nc1ccn[nH]1)c1ccccc1)c1nc(NCc2ccco2)ncc1Br. The molecule has 3 heterocycles. The first-order valence-electron chi connectivity index (χ1n) is 9.55. The van der Waals surface area contributed by atoms with E-state index in [-0.39, 0.29) is 11.6 Å². The van der Waals surface area contributed by atoms with Crippen LogP contribution in [0.5, 0.6) is 0 Å². The molecule has 0 saturated heterocycles. The normalized spacial score (nSPS) is 11.5. The Hall–Kier alpha value is -3.99. The quantitative estimate of drug-likeness (QED) is 0.294. The molecule has 0 aliphatic carbocycles. The maximum absolute atomic E-state index is 13.1. The lowest BCUT2D eigenvalue weighted by atomic mass is 10.1. The number of hydrogen-bond donors (Lipinski definition) is 4. The molecule has 1 unspecified atom stereocenters. The van der Waals surface area contributed by atoms with Gasteiger partial charge in [0.05, 0.1) is 23.5 Å². The van der Waals surface area contributed by atoms with Crippen LogP contribution in [-0.2, 0) is 11.3 Å². The van der Waals surface area contributed by atoms with Gasteiger partial charge in [0, 0.05) is 12.3 Å². The highest BCUT2D eigenvalue weighted by Gasteiger charge is 2.25. The third kappa shape index (κ3) is 5.19. The Bertz CT molecular complexity index is 1180. The van der Waals surface area contributed by atoms with Crippen LogP contribution in [0.2, 0.25) is 0 Å². The Morgan fingerprint density at radius 2 is 1.97 bits per heavy atom. The number of carbonyl (C=O) groups is 2. The summed E-state index contributed by atoms with van der Waals surface area (Å²) in [4.78, 5) is 34.4. The van der Waals surface area contributed by atoms with Crippen LogP contribution >= 0.6 is 15.9 Å². The van der Waals surface area contributed by atoms with Crippen molar-refractivity contribution in [1.82, 2.24) is 25.5 Å². The van der Waals surface area contributed by atoms with E-state index in [2.05, 4.69) is 52.0 Å². The van der Waals surface area contributed by atoms with Gasteiger partial charge in [0.15, 0.2) is 0 Å². The molecule has 0 spiro atoms. The molecule has 3 aromatic heterocycles. The van der Waals surface area contributed by atoms with Crippen molar-refractivity contribution < 1.29 is 14.0 Å². The highest BCUT2D eigenvalue weighted by Crippen LogP contribution is 2.19. The predicted molar refractivity (Wildman–Crippen MR) is 120 cm³/mol. The lowest BCUT2D eigenvalue weighted by molar-refractivity contribution is -0.118. The molecule has 2 amide bonds. The largest absolute Gasteiger partial charge is 0.467 e. The van der Waals surface area contributed by atoms with Crippen LogP contribution in [0.25, 0.3) is 0 Å². The van der Waals surface area contributed by atoms with Gasteiger partial charge in [0.25, 0.3) is 11.8 Å². The zero-order valence-electron chi connectivity index (χ0n) is 16.6. The zero-order valence-corrected chi connectivity index (χ0v) is 18.2. The van der Waals surface area contributed by atoms with E-state index in [9.17, 15) is 9.59 Å². The molecule has 0 saturated carbocycles. The molecule has 32 heavy (non-hydrogen) atoms. The molecule has 0 fully saturated rings. The zero-order chi connectivity index (χ0) is 22.3. The molecule has 4 N–H and O–H groups in total. The summed E-state index contributed by atoms with van der Waals surface area (Å²) in [7, 11) is 0. The second-order valence-corrected chi connectivity index (χ2v) is 7.45. The summed E-state index contributed by atoms with van der Waals surface area (Å²) in [6.07, 6.45) is 4.55. The predicted octanol–water partition coefficient (Wildman–Crippen LogP) is 3.28. The standard InChI is InChI=1S/C21H18BrN7O3/c22-15-12-24-21(23-11-14-7-4-10-32-14)28-18(15)20(31)27-17(13-5-2-1-3-6-13)19(30)26-16-8-9-25-29-16/h1-10,12,17H,11H2,(H,27,31)(H,23,24,28)(H2,25,26,29,30). The van der Waals surface area contributed by atoms with Crippen molar-refractivity contribution in [3.8, 4) is 0 Å². The number of halogens is 1. The van der Waals surface area contributed by atoms with Crippen molar-refractivity contribution >= 4 is 39.5 Å². The number of H-pyrrole nitrogens is 1. The summed E-state index contributed by atoms with van der Waals surface area (Å²) >= 11 is 3.31. The van der Waals surface area contributed by atoms with Crippen LogP contribution in [0.4, 0.5) is 11.8 Å². The van der Waals surface area contributed by atoms with Gasteiger partial charge in [-0.3, -0.25) is 14.7 Å². The number of aromatic amines is 1. The highest BCUT2D eigenvalue weighted by molar-refractivity contribution is 9.10. The van der Waals surface area contributed by atoms with Gasteiger partial charge in [-0.2, -0.15) is 5.10 Å². The molecule has 4 aromatic rings. The summed E-state index contributed by atoms with van der Waals surface area (Å²) in [5.41, 5.74) is 0.691. The summed E-state index contributed by atoms with van der Waals surface area (Å²) in [6, 6.07) is 13.1. The second kappa shape index (κ2) is 9.88. The molecule has 11 heteroatoms. The first-order valence-corrected chi connectivity index (χ1v) is 10.3. The number of carbonyl (C=O) groups excluding carboxylic acids is 2. The lowest BCUT2D eigenvalue weighted by Gasteiger charge is -2.18. The molecule has 1 aromatic carbocycles. The minimum absolute atomic E-state index is 0.0808. The van der Waals surface area contributed by atoms with Gasteiger partial charge in [-0.1, -0.05) is 30.3 Å². The molecule has 0 radical (unpaired) electrons. The minimum atomic E-state index is -0.964. The fraction of sp³-hybridized carbons (Fsp3) is 0.0952. The number of nitrogens with zero attached hydrogens (tertiary/aromatic N) is 3. The van der Waals surface area contributed by atoms with E-state index in [1.807, 2.05) is 12.1 Å². The fourth-order valence-corrected chi connectivity index (χ4v) is 3.24. The first-order chi connectivity index (χ1) is 15.6. The molecule has 1 atom stereocenters. The number of nitrogens with one attached hydrogen (secondary N) is 4. The van der Waals surface area contributed by atoms with Crippen LogP contribution in [0.15, 0.2) is 76.1 Å². The number of hydrogen-bond acceptors (Lipinski definition) is 7. The number of anilines is 2. The van der Waals surface area contributed by atoms with Crippen LogP contribution in [0, 0.1) is 0 Å². The monoisotopic (exact) mass is 495 g/mol. The van der Waals surface area contributed by atoms with Crippen molar-refractivity contribution in [1.29, 1.82) is 0 Å². The molecular formula is C21H18BrN7O3. The molecular weight excluding hydrogens is 478 g/mol. The first kappa shape index (κ1) is 21.2. The topological polar surface area (TPSA) is 138 Å². The minimum Gasteiger partial charge on any atom is -0.467 e. The Morgan fingerprint density at radius 1 is 1.12 bits per heavy atom. The van der Waals surface area contributed by atoms with E-state index in [4.69, 9.17) is 4.42 Å². The Morgan fingerprint density at radius 3 is 2.69 bits per heavy atom. The van der Waals surface area contributed by atoms with E-state index in [1.54, 1.807) is 42.7 Å². The summed E-state index contributed by atoms with van der Waals surface area (Å²) in [6.45, 7) is 0.356. The lowest BCUT2D eigenvalue weighted by Crippen LogP contribution is -2.37. The van der Waals surface area contributed by atoms with E-state index >= 15 is 0 Å². The van der Waals surface area contributed by atoms with Gasteiger partial charge >= 0.3 is 0 Å².